The molecule has 1 saturated heterocycles. The Bertz CT molecular complexity index is 1660. The highest BCUT2D eigenvalue weighted by Gasteiger charge is 2.67. The molecule has 0 aromatic heterocycles. The van der Waals surface area contributed by atoms with Crippen LogP contribution in [0.25, 0.3) is 0 Å². The van der Waals surface area contributed by atoms with Crippen LogP contribution in [-0.2, 0) is 21.6 Å². The second-order valence-corrected chi connectivity index (χ2v) is 13.1. The minimum atomic E-state index is -1.23. The van der Waals surface area contributed by atoms with E-state index in [9.17, 15) is 24.8 Å². The number of anilines is 1. The van der Waals surface area contributed by atoms with E-state index in [0.717, 1.165) is 49.7 Å². The van der Waals surface area contributed by atoms with Gasteiger partial charge < -0.3 is 20.5 Å². The first-order valence-electron chi connectivity index (χ1n) is 15.6. The molecule has 1 aliphatic carbocycles. The van der Waals surface area contributed by atoms with E-state index in [1.165, 1.54) is 25.3 Å². The van der Waals surface area contributed by atoms with Gasteiger partial charge in [-0.15, -0.1) is 0 Å². The van der Waals surface area contributed by atoms with E-state index in [0.29, 0.717) is 21.3 Å². The maximum Gasteiger partial charge on any atom is 0.338 e. The number of hydrogen-bond donors (Lipinski definition) is 3. The number of aliphatic hydroxyl groups excluding tert-OH is 1. The monoisotopic (exact) mass is 666 g/mol. The fourth-order valence-electron chi connectivity index (χ4n) is 7.99. The molecule has 3 aromatic rings. The molecular formula is C34H36Cl2N4O6. The average molecular weight is 668 g/mol. The lowest BCUT2D eigenvalue weighted by Gasteiger charge is -2.44. The van der Waals surface area contributed by atoms with E-state index in [-0.39, 0.29) is 36.4 Å². The standard InChI is InChI=1S/C34H36Cl2N4O6/c1-46-32(42)21-11-12-22(28(16-21)40(44)45)18-37-31-29(19-41)39(25-9-4-2-3-5-10-25)34(30(31)20-7-6-8-23(35)15-20)26-14-13-24(36)17-27(26)38-33(34)43/h6-8,11-17,25,29-31,37,41H,2-5,9-10,18-19H2,1H3,(H,38,43)/t29-,30-,31+,34+/m0/s1. The van der Waals surface area contributed by atoms with Crippen LogP contribution in [-0.4, -0.2) is 58.6 Å². The average Bonchev–Trinajstić information content (AvgIpc) is 3.32. The summed E-state index contributed by atoms with van der Waals surface area (Å²) in [7, 11) is 1.22. The van der Waals surface area contributed by atoms with Crippen LogP contribution in [0.2, 0.25) is 10.0 Å². The van der Waals surface area contributed by atoms with Crippen LogP contribution >= 0.6 is 23.2 Å². The molecule has 0 radical (unpaired) electrons. The first kappa shape index (κ1) is 32.4. The molecule has 0 bridgehead atoms. The second kappa shape index (κ2) is 13.3. The Kier molecular flexibility index (Phi) is 9.36. The number of halogens is 2. The van der Waals surface area contributed by atoms with Gasteiger partial charge in [0.05, 0.1) is 30.2 Å². The number of ether oxygens (including phenoxy) is 1. The van der Waals surface area contributed by atoms with Gasteiger partial charge in [-0.1, -0.05) is 73.2 Å². The summed E-state index contributed by atoms with van der Waals surface area (Å²) in [5.41, 5.74) is 1.15. The number of likely N-dealkylation sites (tertiary alicyclic amines) is 1. The molecule has 242 valence electrons. The molecule has 2 aliphatic heterocycles. The Morgan fingerprint density at radius 3 is 2.50 bits per heavy atom. The third-order valence-electron chi connectivity index (χ3n) is 9.82. The Morgan fingerprint density at radius 1 is 1.09 bits per heavy atom. The van der Waals surface area contributed by atoms with Crippen molar-refractivity contribution < 1.29 is 24.4 Å². The molecule has 2 heterocycles. The number of nitrogens with one attached hydrogen (secondary N) is 2. The van der Waals surface area contributed by atoms with E-state index in [1.807, 2.05) is 24.3 Å². The zero-order chi connectivity index (χ0) is 32.6. The number of aliphatic hydroxyl groups is 1. The van der Waals surface area contributed by atoms with Crippen molar-refractivity contribution in [3.63, 3.8) is 0 Å². The molecular weight excluding hydrogens is 631 g/mol. The lowest BCUT2D eigenvalue weighted by Crippen LogP contribution is -2.57. The topological polar surface area (TPSA) is 134 Å². The van der Waals surface area contributed by atoms with Gasteiger partial charge in [-0.05, 0) is 48.7 Å². The molecule has 1 saturated carbocycles. The van der Waals surface area contributed by atoms with E-state index in [2.05, 4.69) is 15.5 Å². The van der Waals surface area contributed by atoms with Crippen LogP contribution < -0.4 is 10.6 Å². The van der Waals surface area contributed by atoms with Gasteiger partial charge in [-0.2, -0.15) is 0 Å². The summed E-state index contributed by atoms with van der Waals surface area (Å²) in [6, 6.07) is 16.0. The van der Waals surface area contributed by atoms with Crippen LogP contribution in [0, 0.1) is 10.1 Å². The zero-order valence-corrected chi connectivity index (χ0v) is 26.9. The number of nitro benzene ring substituents is 1. The third-order valence-corrected chi connectivity index (χ3v) is 10.3. The van der Waals surface area contributed by atoms with Crippen molar-refractivity contribution in [3.05, 3.63) is 103 Å². The second-order valence-electron chi connectivity index (χ2n) is 12.2. The summed E-state index contributed by atoms with van der Waals surface area (Å²) in [6.07, 6.45) is 5.94. The number of hydrogen-bond acceptors (Lipinski definition) is 8. The van der Waals surface area contributed by atoms with Crippen LogP contribution in [0.5, 0.6) is 0 Å². The van der Waals surface area contributed by atoms with Crippen LogP contribution in [0.3, 0.4) is 0 Å². The highest BCUT2D eigenvalue weighted by molar-refractivity contribution is 6.31. The minimum Gasteiger partial charge on any atom is -0.465 e. The maximum atomic E-state index is 14.7. The molecule has 1 spiro atoms. The number of fused-ring (bicyclic) bond motifs is 2. The number of rotatable bonds is 8. The van der Waals surface area contributed by atoms with Crippen molar-refractivity contribution in [1.82, 2.24) is 10.2 Å². The minimum absolute atomic E-state index is 0.00538. The Hall–Kier alpha value is -3.54. The number of methoxy groups -OCH3 is 1. The van der Waals surface area contributed by atoms with Gasteiger partial charge in [-0.25, -0.2) is 4.79 Å². The predicted molar refractivity (Wildman–Crippen MR) is 175 cm³/mol. The first-order chi connectivity index (χ1) is 22.2. The summed E-state index contributed by atoms with van der Waals surface area (Å²) in [5, 5.41) is 31.0. The number of esters is 1. The molecule has 3 aromatic carbocycles. The highest BCUT2D eigenvalue weighted by Crippen LogP contribution is 2.59. The first-order valence-corrected chi connectivity index (χ1v) is 16.3. The SMILES string of the molecule is COC(=O)c1ccc(CN[C@@H]2[C@H](CO)N(C3CCCCCC3)[C@@]3(C(=O)Nc4cc(Cl)ccc43)[C@H]2c2cccc(Cl)c2)c([N+](=O)[O-])c1. The van der Waals surface area contributed by atoms with Crippen molar-refractivity contribution in [3.8, 4) is 0 Å². The molecule has 46 heavy (non-hydrogen) atoms. The fourth-order valence-corrected chi connectivity index (χ4v) is 8.36. The Morgan fingerprint density at radius 2 is 1.83 bits per heavy atom. The van der Waals surface area contributed by atoms with Gasteiger partial charge in [-0.3, -0.25) is 19.8 Å². The largest absolute Gasteiger partial charge is 0.465 e. The van der Waals surface area contributed by atoms with Gasteiger partial charge in [0.25, 0.3) is 5.69 Å². The molecule has 12 heteroatoms. The highest BCUT2D eigenvalue weighted by atomic mass is 35.5. The van der Waals surface area contributed by atoms with Crippen molar-refractivity contribution in [2.24, 2.45) is 0 Å². The summed E-state index contributed by atoms with van der Waals surface area (Å²) in [5.74, 6) is -1.44. The molecule has 3 aliphatic rings. The molecule has 0 unspecified atom stereocenters. The van der Waals surface area contributed by atoms with Crippen molar-refractivity contribution in [2.75, 3.05) is 19.0 Å². The van der Waals surface area contributed by atoms with Crippen LogP contribution in [0.4, 0.5) is 11.4 Å². The summed E-state index contributed by atoms with van der Waals surface area (Å²) in [4.78, 5) is 40.6. The molecule has 6 rings (SSSR count). The number of carbonyl (C=O) groups is 2. The van der Waals surface area contributed by atoms with Gasteiger partial charge >= 0.3 is 5.97 Å². The summed E-state index contributed by atoms with van der Waals surface area (Å²) >= 11 is 13.0. The molecule has 3 N–H and O–H groups in total. The van der Waals surface area contributed by atoms with Crippen molar-refractivity contribution in [1.29, 1.82) is 0 Å². The van der Waals surface area contributed by atoms with Gasteiger partial charge in [0.2, 0.25) is 5.91 Å². The number of nitro groups is 1. The van der Waals surface area contributed by atoms with Gasteiger partial charge in [0.1, 0.15) is 5.54 Å². The number of amides is 1. The van der Waals surface area contributed by atoms with Crippen molar-refractivity contribution in [2.45, 2.75) is 74.7 Å². The normalized spacial score (nSPS) is 24.9. The van der Waals surface area contributed by atoms with E-state index < -0.39 is 34.4 Å². The molecule has 1 amide bonds. The van der Waals surface area contributed by atoms with Crippen LogP contribution in [0.15, 0.2) is 60.7 Å². The Labute approximate surface area is 277 Å². The lowest BCUT2D eigenvalue weighted by molar-refractivity contribution is -0.385. The summed E-state index contributed by atoms with van der Waals surface area (Å²) in [6.45, 7) is -0.216. The Balaban J connectivity index is 1.52. The van der Waals surface area contributed by atoms with Gasteiger partial charge in [0.15, 0.2) is 0 Å². The maximum absolute atomic E-state index is 14.7. The summed E-state index contributed by atoms with van der Waals surface area (Å²) < 4.78 is 4.76. The fraction of sp³-hybridized carbons (Fsp3) is 0.412. The van der Waals surface area contributed by atoms with E-state index in [4.69, 9.17) is 27.9 Å². The van der Waals surface area contributed by atoms with E-state index in [1.54, 1.807) is 18.2 Å². The molecule has 2 fully saturated rings. The number of carbonyl (C=O) groups excluding carboxylic acids is 2. The smallest absolute Gasteiger partial charge is 0.338 e. The third kappa shape index (κ3) is 5.56. The van der Waals surface area contributed by atoms with Crippen LogP contribution in [0.1, 0.15) is 71.5 Å². The van der Waals surface area contributed by atoms with Gasteiger partial charge in [0, 0.05) is 57.5 Å². The lowest BCUT2D eigenvalue weighted by atomic mass is 9.73. The number of nitrogens with zero attached hydrogens (tertiary/aromatic N) is 2. The molecule has 10 nitrogen and oxygen atoms in total. The quantitative estimate of drug-likeness (QED) is 0.112. The van der Waals surface area contributed by atoms with E-state index >= 15 is 0 Å². The van der Waals surface area contributed by atoms with Crippen molar-refractivity contribution >= 4 is 46.5 Å². The predicted octanol–water partition coefficient (Wildman–Crippen LogP) is 6.18. The zero-order valence-electron chi connectivity index (χ0n) is 25.4. The number of benzene rings is 3. The molecule has 4 atom stereocenters.